The molecule has 1 heterocycles. The minimum Gasteiger partial charge on any atom is -0.314 e. The van der Waals surface area contributed by atoms with E-state index in [9.17, 15) is 0 Å². The van der Waals surface area contributed by atoms with E-state index in [0.717, 1.165) is 35.7 Å². The smallest absolute Gasteiger partial charge is 0.0417 e. The zero-order valence-corrected chi connectivity index (χ0v) is 11.7. The van der Waals surface area contributed by atoms with Crippen molar-refractivity contribution in [3.63, 3.8) is 0 Å². The lowest BCUT2D eigenvalue weighted by Crippen LogP contribution is -2.56. The van der Waals surface area contributed by atoms with Crippen LogP contribution in [0.15, 0.2) is 22.7 Å². The molecule has 0 bridgehead atoms. The minimum absolute atomic E-state index is 0.688. The van der Waals surface area contributed by atoms with E-state index in [4.69, 9.17) is 11.6 Å². The van der Waals surface area contributed by atoms with E-state index >= 15 is 0 Å². The van der Waals surface area contributed by atoms with Crippen LogP contribution in [-0.4, -0.2) is 30.6 Å². The minimum atomic E-state index is 0.688. The second-order valence-electron chi connectivity index (χ2n) is 4.11. The zero-order chi connectivity index (χ0) is 11.5. The van der Waals surface area contributed by atoms with E-state index in [-0.39, 0.29) is 0 Å². The molecule has 1 saturated heterocycles. The number of benzene rings is 1. The first-order valence-corrected chi connectivity index (χ1v) is 6.76. The highest BCUT2D eigenvalue weighted by Gasteiger charge is 2.23. The molecule has 2 nitrogen and oxygen atoms in total. The van der Waals surface area contributed by atoms with Crippen molar-refractivity contribution in [2.24, 2.45) is 0 Å². The molecule has 2 rings (SSSR count). The van der Waals surface area contributed by atoms with Crippen molar-refractivity contribution in [1.82, 2.24) is 10.2 Å². The molecule has 1 aromatic rings. The predicted octanol–water partition coefficient (Wildman–Crippen LogP) is 2.90. The first-order chi connectivity index (χ1) is 7.70. The van der Waals surface area contributed by atoms with Crippen LogP contribution in [0.1, 0.15) is 12.5 Å². The van der Waals surface area contributed by atoms with E-state index in [0.29, 0.717) is 6.04 Å². The Hall–Kier alpha value is -0.0900. The molecular weight excluding hydrogens is 288 g/mol. The van der Waals surface area contributed by atoms with Crippen LogP contribution in [-0.2, 0) is 6.54 Å². The molecule has 16 heavy (non-hydrogen) atoms. The summed E-state index contributed by atoms with van der Waals surface area (Å²) in [5.74, 6) is 0. The Labute approximate surface area is 110 Å². The molecule has 4 heteroatoms. The molecule has 0 saturated carbocycles. The van der Waals surface area contributed by atoms with Crippen LogP contribution in [0.5, 0.6) is 0 Å². The molecule has 1 fully saturated rings. The quantitative estimate of drug-likeness (QED) is 0.920. The number of nitrogens with zero attached hydrogens (tertiary/aromatic N) is 1. The third kappa shape index (κ3) is 2.77. The molecule has 1 N–H and O–H groups in total. The first kappa shape index (κ1) is 12.4. The summed E-state index contributed by atoms with van der Waals surface area (Å²) in [5, 5.41) is 4.09. The summed E-state index contributed by atoms with van der Waals surface area (Å²) < 4.78 is 1.10. The molecular formula is C12H16BrClN2. The average Bonchev–Trinajstić information content (AvgIpc) is 2.18. The normalized spacial score (nSPS) is 16.5. The average molecular weight is 304 g/mol. The molecule has 0 aromatic heterocycles. The fourth-order valence-corrected chi connectivity index (χ4v) is 2.71. The van der Waals surface area contributed by atoms with Crippen molar-refractivity contribution in [2.75, 3.05) is 19.6 Å². The second kappa shape index (κ2) is 5.50. The molecule has 0 aliphatic carbocycles. The van der Waals surface area contributed by atoms with Gasteiger partial charge in [-0.25, -0.2) is 0 Å². The van der Waals surface area contributed by atoms with Gasteiger partial charge in [-0.1, -0.05) is 40.5 Å². The molecule has 1 aromatic carbocycles. The van der Waals surface area contributed by atoms with Gasteiger partial charge in [0.25, 0.3) is 0 Å². The van der Waals surface area contributed by atoms with Crippen LogP contribution in [0.4, 0.5) is 0 Å². The maximum absolute atomic E-state index is 5.93. The first-order valence-electron chi connectivity index (χ1n) is 5.59. The lowest BCUT2D eigenvalue weighted by Gasteiger charge is -2.37. The van der Waals surface area contributed by atoms with Crippen LogP contribution in [0, 0.1) is 0 Å². The number of hydrogen-bond donors (Lipinski definition) is 1. The highest BCUT2D eigenvalue weighted by molar-refractivity contribution is 9.10. The number of halogens is 2. The van der Waals surface area contributed by atoms with Gasteiger partial charge in [-0.3, -0.25) is 4.90 Å². The molecule has 0 radical (unpaired) electrons. The van der Waals surface area contributed by atoms with Gasteiger partial charge in [-0.15, -0.1) is 0 Å². The molecule has 0 spiro atoms. The highest BCUT2D eigenvalue weighted by atomic mass is 79.9. The second-order valence-corrected chi connectivity index (χ2v) is 5.40. The molecule has 0 amide bonds. The Morgan fingerprint density at radius 1 is 1.50 bits per heavy atom. The largest absolute Gasteiger partial charge is 0.314 e. The topological polar surface area (TPSA) is 15.3 Å². The van der Waals surface area contributed by atoms with Gasteiger partial charge in [0.1, 0.15) is 0 Å². The lowest BCUT2D eigenvalue weighted by atomic mass is 10.1. The summed E-state index contributed by atoms with van der Waals surface area (Å²) >= 11 is 9.50. The molecule has 1 aliphatic heterocycles. The summed E-state index contributed by atoms with van der Waals surface area (Å²) in [6, 6.07) is 6.70. The van der Waals surface area contributed by atoms with E-state index < -0.39 is 0 Å². The van der Waals surface area contributed by atoms with Crippen molar-refractivity contribution >= 4 is 27.5 Å². The maximum Gasteiger partial charge on any atom is 0.0417 e. The van der Waals surface area contributed by atoms with Crippen molar-refractivity contribution in [2.45, 2.75) is 19.5 Å². The summed E-state index contributed by atoms with van der Waals surface area (Å²) in [6.07, 6.45) is 0. The standard InChI is InChI=1S/C12H16BrClN2/c1-2-16(11-6-15-7-11)8-9-3-4-10(14)5-12(9)13/h3-5,11,15H,2,6-8H2,1H3. The van der Waals surface area contributed by atoms with E-state index in [2.05, 4.69) is 39.1 Å². The Kier molecular flexibility index (Phi) is 4.25. The fraction of sp³-hybridized carbons (Fsp3) is 0.500. The third-order valence-corrected chi connectivity index (χ3v) is 4.04. The summed E-state index contributed by atoms with van der Waals surface area (Å²) in [6.45, 7) is 6.50. The van der Waals surface area contributed by atoms with Gasteiger partial charge < -0.3 is 5.32 Å². The summed E-state index contributed by atoms with van der Waals surface area (Å²) in [5.41, 5.74) is 1.30. The van der Waals surface area contributed by atoms with Crippen LogP contribution >= 0.6 is 27.5 Å². The zero-order valence-electron chi connectivity index (χ0n) is 9.34. The Balaban J connectivity index is 2.06. The van der Waals surface area contributed by atoms with Gasteiger partial charge in [-0.05, 0) is 24.2 Å². The molecule has 0 unspecified atom stereocenters. The number of likely N-dealkylation sites (N-methyl/N-ethyl adjacent to an activating group) is 1. The highest BCUT2D eigenvalue weighted by Crippen LogP contribution is 2.23. The molecule has 0 atom stereocenters. The Morgan fingerprint density at radius 3 is 2.75 bits per heavy atom. The van der Waals surface area contributed by atoms with Gasteiger partial charge in [0.2, 0.25) is 0 Å². The van der Waals surface area contributed by atoms with Gasteiger partial charge in [-0.2, -0.15) is 0 Å². The van der Waals surface area contributed by atoms with Gasteiger partial charge in [0, 0.05) is 35.2 Å². The van der Waals surface area contributed by atoms with Crippen molar-refractivity contribution in [1.29, 1.82) is 0 Å². The monoisotopic (exact) mass is 302 g/mol. The lowest BCUT2D eigenvalue weighted by molar-refractivity contribution is 0.145. The van der Waals surface area contributed by atoms with E-state index in [1.807, 2.05) is 12.1 Å². The SMILES string of the molecule is CCN(Cc1ccc(Cl)cc1Br)C1CNC1. The maximum atomic E-state index is 5.93. The third-order valence-electron chi connectivity index (χ3n) is 3.07. The van der Waals surface area contributed by atoms with Crippen LogP contribution in [0.2, 0.25) is 5.02 Å². The van der Waals surface area contributed by atoms with Crippen molar-refractivity contribution in [3.05, 3.63) is 33.3 Å². The summed E-state index contributed by atoms with van der Waals surface area (Å²) in [4.78, 5) is 2.49. The van der Waals surface area contributed by atoms with Crippen LogP contribution in [0.3, 0.4) is 0 Å². The summed E-state index contributed by atoms with van der Waals surface area (Å²) in [7, 11) is 0. The number of nitrogens with one attached hydrogen (secondary N) is 1. The molecule has 1 aliphatic rings. The number of hydrogen-bond acceptors (Lipinski definition) is 2. The number of rotatable bonds is 4. The predicted molar refractivity (Wildman–Crippen MR) is 71.9 cm³/mol. The fourth-order valence-electron chi connectivity index (χ4n) is 1.90. The van der Waals surface area contributed by atoms with Gasteiger partial charge >= 0.3 is 0 Å². The van der Waals surface area contributed by atoms with Crippen LogP contribution in [0.25, 0.3) is 0 Å². The Bertz CT molecular complexity index is 366. The van der Waals surface area contributed by atoms with Crippen LogP contribution < -0.4 is 5.32 Å². The van der Waals surface area contributed by atoms with Gasteiger partial charge in [0.05, 0.1) is 0 Å². The molecule has 88 valence electrons. The van der Waals surface area contributed by atoms with Crippen molar-refractivity contribution < 1.29 is 0 Å². The Morgan fingerprint density at radius 2 is 2.25 bits per heavy atom. The van der Waals surface area contributed by atoms with E-state index in [1.54, 1.807) is 0 Å². The van der Waals surface area contributed by atoms with E-state index in [1.165, 1.54) is 5.56 Å². The van der Waals surface area contributed by atoms with Gasteiger partial charge in [0.15, 0.2) is 0 Å². The van der Waals surface area contributed by atoms with Crippen molar-refractivity contribution in [3.8, 4) is 0 Å².